The Morgan fingerprint density at radius 2 is 2.26 bits per heavy atom. The summed E-state index contributed by atoms with van der Waals surface area (Å²) in [6, 6.07) is 6.09. The van der Waals surface area contributed by atoms with Crippen LogP contribution in [0.25, 0.3) is 0 Å². The molecule has 5 heteroatoms. The fraction of sp³-hybridized carbons (Fsp3) is 0.357. The van der Waals surface area contributed by atoms with Gasteiger partial charge in [0.2, 0.25) is 5.95 Å². The summed E-state index contributed by atoms with van der Waals surface area (Å²) < 4.78 is 7.21. The summed E-state index contributed by atoms with van der Waals surface area (Å²) in [6.45, 7) is 4.70. The third kappa shape index (κ3) is 3.28. The number of nitrogens with zero attached hydrogens (tertiary/aromatic N) is 2. The average Bonchev–Trinajstić information content (AvgIpc) is 2.82. The molecular formula is C14H18ClN3O. The van der Waals surface area contributed by atoms with E-state index >= 15 is 0 Å². The summed E-state index contributed by atoms with van der Waals surface area (Å²) in [4.78, 5) is 4.32. The zero-order valence-corrected chi connectivity index (χ0v) is 12.1. The normalized spacial score (nSPS) is 12.4. The van der Waals surface area contributed by atoms with Crippen LogP contribution in [0.1, 0.15) is 18.5 Å². The molecule has 1 unspecified atom stereocenters. The maximum Gasteiger partial charge on any atom is 0.207 e. The van der Waals surface area contributed by atoms with E-state index in [4.69, 9.17) is 16.3 Å². The Bertz CT molecular complexity index is 553. The Kier molecular flexibility index (Phi) is 4.45. The van der Waals surface area contributed by atoms with Crippen LogP contribution in [0.3, 0.4) is 0 Å². The number of rotatable bonds is 5. The second kappa shape index (κ2) is 6.08. The van der Waals surface area contributed by atoms with Crippen molar-refractivity contribution in [3.05, 3.63) is 41.2 Å². The van der Waals surface area contributed by atoms with E-state index in [1.165, 1.54) is 0 Å². The molecule has 0 fully saturated rings. The minimum Gasteiger partial charge on any atom is -0.383 e. The number of benzene rings is 1. The van der Waals surface area contributed by atoms with Crippen LogP contribution in [-0.2, 0) is 4.74 Å². The molecule has 2 rings (SSSR count). The minimum atomic E-state index is 0.218. The maximum absolute atomic E-state index is 6.12. The highest BCUT2D eigenvalue weighted by molar-refractivity contribution is 6.31. The molecule has 102 valence electrons. The molecule has 1 N–H and O–H groups in total. The third-order valence-corrected chi connectivity index (χ3v) is 3.39. The Balaban J connectivity index is 2.19. The number of methoxy groups -OCH3 is 1. The standard InChI is InChI=1S/C14H18ClN3O/c1-10-4-5-12(8-13(10)15)17-14-16-6-7-18(14)11(2)9-19-3/h4-8,11H,9H2,1-3H3,(H,16,17). The maximum atomic E-state index is 6.12. The van der Waals surface area contributed by atoms with Crippen LogP contribution in [0.2, 0.25) is 5.02 Å². The zero-order valence-electron chi connectivity index (χ0n) is 11.4. The van der Waals surface area contributed by atoms with Crippen molar-refractivity contribution in [1.29, 1.82) is 0 Å². The number of halogens is 1. The summed E-state index contributed by atoms with van der Waals surface area (Å²) >= 11 is 6.12. The average molecular weight is 280 g/mol. The van der Waals surface area contributed by atoms with Gasteiger partial charge in [0.15, 0.2) is 0 Å². The van der Waals surface area contributed by atoms with Crippen molar-refractivity contribution in [2.24, 2.45) is 0 Å². The highest BCUT2D eigenvalue weighted by Crippen LogP contribution is 2.23. The van der Waals surface area contributed by atoms with Gasteiger partial charge in [-0.25, -0.2) is 4.98 Å². The quantitative estimate of drug-likeness (QED) is 0.905. The summed E-state index contributed by atoms with van der Waals surface area (Å²) in [5, 5.41) is 4.02. The van der Waals surface area contributed by atoms with Gasteiger partial charge >= 0.3 is 0 Å². The highest BCUT2D eigenvalue weighted by Gasteiger charge is 2.10. The van der Waals surface area contributed by atoms with E-state index < -0.39 is 0 Å². The van der Waals surface area contributed by atoms with Gasteiger partial charge in [-0.05, 0) is 31.5 Å². The van der Waals surface area contributed by atoms with Gasteiger partial charge in [0.05, 0.1) is 12.6 Å². The molecule has 2 aromatic rings. The molecule has 0 saturated heterocycles. The molecule has 1 heterocycles. The lowest BCUT2D eigenvalue weighted by Crippen LogP contribution is -2.12. The Hall–Kier alpha value is -1.52. The molecule has 1 aromatic heterocycles. The van der Waals surface area contributed by atoms with Gasteiger partial charge in [-0.1, -0.05) is 17.7 Å². The smallest absolute Gasteiger partial charge is 0.207 e. The predicted octanol–water partition coefficient (Wildman–Crippen LogP) is 3.80. The van der Waals surface area contributed by atoms with Gasteiger partial charge < -0.3 is 14.6 Å². The summed E-state index contributed by atoms with van der Waals surface area (Å²) in [5.74, 6) is 0.782. The molecule has 1 atom stereocenters. The van der Waals surface area contributed by atoms with Crippen molar-refractivity contribution in [3.8, 4) is 0 Å². The molecule has 0 bridgehead atoms. The number of nitrogens with one attached hydrogen (secondary N) is 1. The first-order chi connectivity index (χ1) is 9.11. The first-order valence-corrected chi connectivity index (χ1v) is 6.54. The van der Waals surface area contributed by atoms with Gasteiger partial charge in [-0.2, -0.15) is 0 Å². The van der Waals surface area contributed by atoms with Gasteiger partial charge in [0.25, 0.3) is 0 Å². The van der Waals surface area contributed by atoms with Crippen LogP contribution in [0, 0.1) is 6.92 Å². The molecule has 0 saturated carbocycles. The van der Waals surface area contributed by atoms with Gasteiger partial charge in [-0.3, -0.25) is 0 Å². The largest absolute Gasteiger partial charge is 0.383 e. The van der Waals surface area contributed by atoms with Crippen LogP contribution in [-0.4, -0.2) is 23.3 Å². The van der Waals surface area contributed by atoms with Crippen molar-refractivity contribution < 1.29 is 4.74 Å². The first-order valence-electron chi connectivity index (χ1n) is 6.16. The number of imidazole rings is 1. The van der Waals surface area contributed by atoms with Crippen LogP contribution in [0.15, 0.2) is 30.6 Å². The van der Waals surface area contributed by atoms with Gasteiger partial charge in [0.1, 0.15) is 0 Å². The minimum absolute atomic E-state index is 0.218. The second-order valence-corrected chi connectivity index (χ2v) is 4.96. The lowest BCUT2D eigenvalue weighted by Gasteiger charge is -2.16. The number of hydrogen-bond acceptors (Lipinski definition) is 3. The summed E-state index contributed by atoms with van der Waals surface area (Å²) in [6.07, 6.45) is 3.70. The second-order valence-electron chi connectivity index (χ2n) is 4.55. The molecule has 19 heavy (non-hydrogen) atoms. The topological polar surface area (TPSA) is 39.1 Å². The zero-order chi connectivity index (χ0) is 13.8. The fourth-order valence-electron chi connectivity index (χ4n) is 1.89. The number of hydrogen-bond donors (Lipinski definition) is 1. The van der Waals surface area contributed by atoms with E-state index in [1.807, 2.05) is 35.9 Å². The van der Waals surface area contributed by atoms with Crippen LogP contribution >= 0.6 is 11.6 Å². The monoisotopic (exact) mass is 279 g/mol. The molecule has 4 nitrogen and oxygen atoms in total. The van der Waals surface area contributed by atoms with Crippen molar-refractivity contribution in [2.75, 3.05) is 19.0 Å². The number of aromatic nitrogens is 2. The van der Waals surface area contributed by atoms with E-state index in [-0.39, 0.29) is 6.04 Å². The van der Waals surface area contributed by atoms with Crippen molar-refractivity contribution in [3.63, 3.8) is 0 Å². The van der Waals surface area contributed by atoms with Gasteiger partial charge in [0, 0.05) is 30.2 Å². The molecule has 0 aliphatic rings. The van der Waals surface area contributed by atoms with Crippen molar-refractivity contribution in [2.45, 2.75) is 19.9 Å². The Morgan fingerprint density at radius 3 is 2.95 bits per heavy atom. The van der Waals surface area contributed by atoms with Gasteiger partial charge in [-0.15, -0.1) is 0 Å². The molecular weight excluding hydrogens is 262 g/mol. The van der Waals surface area contributed by atoms with E-state index in [1.54, 1.807) is 13.3 Å². The Labute approximate surface area is 118 Å². The van der Waals surface area contributed by atoms with E-state index in [0.29, 0.717) is 6.61 Å². The number of aryl methyl sites for hydroxylation is 1. The molecule has 1 aromatic carbocycles. The van der Waals surface area contributed by atoms with Crippen molar-refractivity contribution >= 4 is 23.2 Å². The fourth-order valence-corrected chi connectivity index (χ4v) is 2.07. The number of anilines is 2. The summed E-state index contributed by atoms with van der Waals surface area (Å²) in [5.41, 5.74) is 1.98. The van der Waals surface area contributed by atoms with E-state index in [2.05, 4.69) is 17.2 Å². The van der Waals surface area contributed by atoms with E-state index in [9.17, 15) is 0 Å². The predicted molar refractivity (Wildman–Crippen MR) is 78.3 cm³/mol. The van der Waals surface area contributed by atoms with Crippen molar-refractivity contribution in [1.82, 2.24) is 9.55 Å². The lowest BCUT2D eigenvalue weighted by atomic mass is 10.2. The molecule has 0 radical (unpaired) electrons. The van der Waals surface area contributed by atoms with Crippen LogP contribution < -0.4 is 5.32 Å². The van der Waals surface area contributed by atoms with Crippen LogP contribution in [0.4, 0.5) is 11.6 Å². The highest BCUT2D eigenvalue weighted by atomic mass is 35.5. The SMILES string of the molecule is COCC(C)n1ccnc1Nc1ccc(C)c(Cl)c1. The third-order valence-electron chi connectivity index (χ3n) is 2.98. The molecule has 0 amide bonds. The van der Waals surface area contributed by atoms with Crippen LogP contribution in [0.5, 0.6) is 0 Å². The molecule has 0 aliphatic heterocycles. The first kappa shape index (κ1) is 13.9. The number of ether oxygens (including phenoxy) is 1. The molecule has 0 aliphatic carbocycles. The Morgan fingerprint density at radius 1 is 1.47 bits per heavy atom. The van der Waals surface area contributed by atoms with E-state index in [0.717, 1.165) is 22.2 Å². The molecule has 0 spiro atoms. The lowest BCUT2D eigenvalue weighted by molar-refractivity contribution is 0.163. The summed E-state index contributed by atoms with van der Waals surface area (Å²) in [7, 11) is 1.69.